The first-order chi connectivity index (χ1) is 6.77. The minimum absolute atomic E-state index is 0. The number of carbonyl (C=O) groups excluding carboxylic acids is 1. The van der Waals surface area contributed by atoms with Gasteiger partial charge in [-0.15, -0.1) is 12.4 Å². The van der Waals surface area contributed by atoms with Crippen LogP contribution in [-0.2, 0) is 0 Å². The predicted octanol–water partition coefficient (Wildman–Crippen LogP) is 2.64. The zero-order valence-corrected chi connectivity index (χ0v) is 9.35. The number of allylic oxidation sites excluding steroid dienone is 1. The largest absolute Gasteiger partial charge is 1.00 e. The lowest BCUT2D eigenvalue weighted by Gasteiger charge is -2.02. The quantitative estimate of drug-likeness (QED) is 0.822. The molecule has 15 heavy (non-hydrogen) atoms. The van der Waals surface area contributed by atoms with Gasteiger partial charge in [-0.05, 0) is 29.7 Å². The van der Waals surface area contributed by atoms with E-state index in [2.05, 4.69) is 4.99 Å². The maximum Gasteiger partial charge on any atom is 1.00 e. The third kappa shape index (κ3) is 2.61. The van der Waals surface area contributed by atoms with Crippen LogP contribution >= 0.6 is 24.2 Å². The smallest absolute Gasteiger partial charge is 0.366 e. The molecule has 0 saturated carbocycles. The third-order valence-corrected chi connectivity index (χ3v) is 2.71. The number of nitrogens with two attached hydrogens (primary N) is 1. The molecule has 1 aliphatic heterocycles. The summed E-state index contributed by atoms with van der Waals surface area (Å²) in [5.41, 5.74) is 6.45. The zero-order chi connectivity index (χ0) is 9.97. The molecule has 0 atom stereocenters. The summed E-state index contributed by atoms with van der Waals surface area (Å²) in [7, 11) is 0. The maximum absolute atomic E-state index is 10.9. The van der Waals surface area contributed by atoms with Crippen LogP contribution in [0.5, 0.6) is 0 Å². The van der Waals surface area contributed by atoms with E-state index in [1.165, 1.54) is 0 Å². The van der Waals surface area contributed by atoms with Crippen molar-refractivity contribution in [1.29, 1.82) is 0 Å². The maximum atomic E-state index is 10.9. The molecule has 0 radical (unpaired) electrons. The first-order valence-corrected chi connectivity index (χ1v) is 4.95. The molecule has 0 aromatic heterocycles. The Bertz CT molecular complexity index is 448. The van der Waals surface area contributed by atoms with Crippen LogP contribution in [0.25, 0.3) is 0 Å². The Labute approximate surface area is 99.4 Å². The van der Waals surface area contributed by atoms with Crippen molar-refractivity contribution in [3.63, 3.8) is 0 Å². The molecule has 1 aromatic rings. The Hall–Kier alpha value is -1.26. The van der Waals surface area contributed by atoms with Gasteiger partial charge in [-0.25, -0.2) is 0 Å². The normalized spacial score (nSPS) is 12.5. The molecule has 0 saturated heterocycles. The molecule has 0 bridgehead atoms. The summed E-state index contributed by atoms with van der Waals surface area (Å²) in [5, 5.41) is 1.94. The van der Waals surface area contributed by atoms with E-state index in [9.17, 15) is 4.79 Å². The van der Waals surface area contributed by atoms with Crippen LogP contribution in [0.3, 0.4) is 0 Å². The predicted molar refractivity (Wildman–Crippen MR) is 66.5 cm³/mol. The van der Waals surface area contributed by atoms with Gasteiger partial charge < -0.3 is 5.73 Å². The number of rotatable bonds is 1. The molecular formula is C10H10ClN2OS+. The molecule has 0 aliphatic carbocycles. The minimum atomic E-state index is -0.426. The van der Waals surface area contributed by atoms with Crippen LogP contribution in [0, 0.1) is 0 Å². The number of thioether (sulfide) groups is 1. The van der Waals surface area contributed by atoms with E-state index in [-0.39, 0.29) is 13.8 Å². The highest BCUT2D eigenvalue weighted by atomic mass is 35.5. The molecule has 1 amide bonds. The lowest BCUT2D eigenvalue weighted by molar-refractivity contribution is 0.100. The van der Waals surface area contributed by atoms with Crippen molar-refractivity contribution >= 4 is 42.0 Å². The summed E-state index contributed by atoms with van der Waals surface area (Å²) in [6.07, 6.45) is 3.55. The molecule has 0 fully saturated rings. The van der Waals surface area contributed by atoms with Crippen molar-refractivity contribution in [3.8, 4) is 0 Å². The SMILES string of the molecule is Cl.NC(=O)c1ccc2c(c1)N=CC=CS2.[H+]. The van der Waals surface area contributed by atoms with Crippen molar-refractivity contribution in [3.05, 3.63) is 35.2 Å². The molecule has 0 unspecified atom stereocenters. The highest BCUT2D eigenvalue weighted by Gasteiger charge is 2.06. The van der Waals surface area contributed by atoms with Gasteiger partial charge in [-0.1, -0.05) is 11.8 Å². The highest BCUT2D eigenvalue weighted by Crippen LogP contribution is 2.32. The van der Waals surface area contributed by atoms with E-state index >= 15 is 0 Å². The van der Waals surface area contributed by atoms with Crippen LogP contribution < -0.4 is 5.73 Å². The number of hydrogen-bond acceptors (Lipinski definition) is 3. The second-order valence-corrected chi connectivity index (χ2v) is 3.72. The molecule has 0 spiro atoms. The number of carbonyl (C=O) groups is 1. The fourth-order valence-corrected chi connectivity index (χ4v) is 1.82. The number of amides is 1. The first kappa shape index (κ1) is 11.8. The van der Waals surface area contributed by atoms with Gasteiger partial charge in [-0.3, -0.25) is 9.79 Å². The van der Waals surface area contributed by atoms with Gasteiger partial charge in [0, 0.05) is 16.7 Å². The van der Waals surface area contributed by atoms with Gasteiger partial charge in [0.15, 0.2) is 0 Å². The summed E-state index contributed by atoms with van der Waals surface area (Å²) in [5.74, 6) is -0.426. The number of hydrogen-bond donors (Lipinski definition) is 1. The van der Waals surface area contributed by atoms with Gasteiger partial charge in [0.1, 0.15) is 0 Å². The van der Waals surface area contributed by atoms with Crippen LogP contribution in [0.15, 0.2) is 39.6 Å². The van der Waals surface area contributed by atoms with E-state index in [1.54, 1.807) is 30.1 Å². The van der Waals surface area contributed by atoms with Crippen molar-refractivity contribution in [2.45, 2.75) is 4.90 Å². The van der Waals surface area contributed by atoms with Crippen molar-refractivity contribution in [1.82, 2.24) is 0 Å². The monoisotopic (exact) mass is 241 g/mol. The van der Waals surface area contributed by atoms with Crippen molar-refractivity contribution in [2.24, 2.45) is 10.7 Å². The average molecular weight is 242 g/mol. The summed E-state index contributed by atoms with van der Waals surface area (Å²) < 4.78 is 0. The molecule has 2 N–H and O–H groups in total. The number of primary amides is 1. The molecule has 1 aromatic carbocycles. The Kier molecular flexibility index (Phi) is 3.94. The number of aliphatic imine (C=N–C) groups is 1. The number of nitrogens with zero attached hydrogens (tertiary/aromatic N) is 1. The summed E-state index contributed by atoms with van der Waals surface area (Å²) in [6, 6.07) is 5.27. The van der Waals surface area contributed by atoms with E-state index in [1.807, 2.05) is 17.6 Å². The first-order valence-electron chi connectivity index (χ1n) is 4.07. The third-order valence-electron chi connectivity index (χ3n) is 1.82. The van der Waals surface area contributed by atoms with Crippen molar-refractivity contribution in [2.75, 3.05) is 0 Å². The van der Waals surface area contributed by atoms with Gasteiger partial charge in [0.25, 0.3) is 0 Å². The van der Waals surface area contributed by atoms with E-state index in [0.717, 1.165) is 10.6 Å². The molecule has 1 heterocycles. The van der Waals surface area contributed by atoms with Gasteiger partial charge in [0.05, 0.1) is 5.69 Å². The number of halogens is 1. The number of benzene rings is 1. The van der Waals surface area contributed by atoms with Crippen LogP contribution in [0.4, 0.5) is 5.69 Å². The second kappa shape index (κ2) is 5.00. The lowest BCUT2D eigenvalue weighted by atomic mass is 10.2. The van der Waals surface area contributed by atoms with Gasteiger partial charge >= 0.3 is 1.43 Å². The Morgan fingerprint density at radius 1 is 1.47 bits per heavy atom. The summed E-state index contributed by atoms with van der Waals surface area (Å²) in [4.78, 5) is 16.1. The van der Waals surface area contributed by atoms with E-state index in [4.69, 9.17) is 5.73 Å². The van der Waals surface area contributed by atoms with Gasteiger partial charge in [0.2, 0.25) is 5.91 Å². The fourth-order valence-electron chi connectivity index (χ4n) is 1.14. The van der Waals surface area contributed by atoms with E-state index < -0.39 is 5.91 Å². The topological polar surface area (TPSA) is 55.5 Å². The molecule has 78 valence electrons. The zero-order valence-electron chi connectivity index (χ0n) is 8.71. The summed E-state index contributed by atoms with van der Waals surface area (Å²) in [6.45, 7) is 0. The van der Waals surface area contributed by atoms with E-state index in [0.29, 0.717) is 5.56 Å². The fraction of sp³-hybridized carbons (Fsp3) is 0. The van der Waals surface area contributed by atoms with Crippen LogP contribution in [0.1, 0.15) is 11.8 Å². The van der Waals surface area contributed by atoms with Crippen LogP contribution in [0.2, 0.25) is 0 Å². The Morgan fingerprint density at radius 2 is 2.27 bits per heavy atom. The molecule has 1 aliphatic rings. The molecular weight excluding hydrogens is 232 g/mol. The highest BCUT2D eigenvalue weighted by molar-refractivity contribution is 8.02. The van der Waals surface area contributed by atoms with Crippen molar-refractivity contribution < 1.29 is 6.22 Å². The minimum Gasteiger partial charge on any atom is -0.366 e. The molecule has 2 rings (SSSR count). The Balaban J connectivity index is 0.00000112. The summed E-state index contributed by atoms with van der Waals surface area (Å²) >= 11 is 1.57. The standard InChI is InChI=1S/C10H8N2OS.ClH/c11-10(13)7-2-3-9-8(6-7)12-4-1-5-14-9;/h1-6H,(H2,11,13);1H/p+1. The van der Waals surface area contributed by atoms with Crippen LogP contribution in [-0.4, -0.2) is 12.1 Å². The molecule has 5 heteroatoms. The Morgan fingerprint density at radius 3 is 3.00 bits per heavy atom. The second-order valence-electron chi connectivity index (χ2n) is 2.77. The molecule has 3 nitrogen and oxygen atoms in total. The van der Waals surface area contributed by atoms with Gasteiger partial charge in [-0.2, -0.15) is 0 Å². The average Bonchev–Trinajstić information content (AvgIpc) is 2.41. The lowest BCUT2D eigenvalue weighted by Crippen LogP contribution is -2.10. The number of fused-ring (bicyclic) bond motifs is 1.